The second kappa shape index (κ2) is 18.2. The van der Waals surface area contributed by atoms with Crippen LogP contribution in [-0.4, -0.2) is 52.4 Å². The molecule has 0 saturated carbocycles. The summed E-state index contributed by atoms with van der Waals surface area (Å²) >= 11 is 0. The van der Waals surface area contributed by atoms with Crippen LogP contribution in [0.4, 0.5) is 0 Å². The number of allylic oxidation sites excluding steroid dienone is 2. The van der Waals surface area contributed by atoms with Gasteiger partial charge in [-0.05, 0) is 38.5 Å². The zero-order chi connectivity index (χ0) is 24.3. The van der Waals surface area contributed by atoms with Crippen molar-refractivity contribution in [3.63, 3.8) is 0 Å². The molecule has 0 aromatic heterocycles. The number of hydrogen-bond donors (Lipinski definition) is 3. The van der Waals surface area contributed by atoms with Crippen molar-refractivity contribution >= 4 is 7.60 Å². The lowest BCUT2D eigenvalue weighted by molar-refractivity contribution is -0.875. The number of quaternary nitrogens is 1. The van der Waals surface area contributed by atoms with E-state index < -0.39 is 12.9 Å². The summed E-state index contributed by atoms with van der Waals surface area (Å²) in [5.41, 5.74) is 0. The Balaban J connectivity index is 3.58. The summed E-state index contributed by atoms with van der Waals surface area (Å²) in [6.45, 7) is 2.32. The van der Waals surface area contributed by atoms with E-state index in [1.165, 1.54) is 89.9 Å². The van der Waals surface area contributed by atoms with E-state index >= 15 is 0 Å². The molecule has 5 nitrogen and oxygen atoms in total. The third-order valence-electron chi connectivity index (χ3n) is 6.11. The number of likely N-dealkylation sites (N-methyl/N-ethyl adjacent to an activating group) is 1. The van der Waals surface area contributed by atoms with Crippen LogP contribution < -0.4 is 0 Å². The first-order valence-electron chi connectivity index (χ1n) is 13.3. The van der Waals surface area contributed by atoms with Gasteiger partial charge in [0.15, 0.2) is 0 Å². The summed E-state index contributed by atoms with van der Waals surface area (Å²) in [6.07, 6.45) is 25.8. The summed E-state index contributed by atoms with van der Waals surface area (Å²) in [4.78, 5) is 19.2. The molecule has 192 valence electrons. The fraction of sp³-hybridized carbons (Fsp3) is 0.923. The molecule has 1 unspecified atom stereocenters. The Bertz CT molecular complexity index is 512. The lowest BCUT2D eigenvalue weighted by Gasteiger charge is -2.35. The Hall–Kier alpha value is -0.190. The second-order valence-electron chi connectivity index (χ2n) is 10.7. The Labute approximate surface area is 199 Å². The fourth-order valence-electron chi connectivity index (χ4n) is 4.26. The highest BCUT2D eigenvalue weighted by Gasteiger charge is 2.48. The highest BCUT2D eigenvalue weighted by Crippen LogP contribution is 2.52. The van der Waals surface area contributed by atoms with Crippen LogP contribution in [0.2, 0.25) is 0 Å². The maximum absolute atomic E-state index is 11.8. The van der Waals surface area contributed by atoms with Gasteiger partial charge in [-0.25, -0.2) is 0 Å². The maximum atomic E-state index is 11.8. The van der Waals surface area contributed by atoms with Gasteiger partial charge < -0.3 is 19.4 Å². The summed E-state index contributed by atoms with van der Waals surface area (Å²) in [6, 6.07) is 0. The standard InChI is InChI=1S/C26H54NO4P/c1-5-6-7-8-9-10-11-12-13-14-15-16-17-18-19-20-21-22-23-24-26(28,32(29,30)31)25-27(2,3)4/h11-12,28H,5-10,13-25H2,1-4H3,(H-,29,30,31)/p+1/b12-11-. The van der Waals surface area contributed by atoms with E-state index in [9.17, 15) is 19.5 Å². The minimum absolute atomic E-state index is 0.0616. The van der Waals surface area contributed by atoms with Gasteiger partial charge in [-0.2, -0.15) is 0 Å². The van der Waals surface area contributed by atoms with E-state index in [4.69, 9.17) is 0 Å². The molecule has 0 fully saturated rings. The molecule has 32 heavy (non-hydrogen) atoms. The topological polar surface area (TPSA) is 77.8 Å². The molecule has 0 bridgehead atoms. The summed E-state index contributed by atoms with van der Waals surface area (Å²) in [7, 11) is 0.981. The number of hydrogen-bond acceptors (Lipinski definition) is 2. The molecule has 0 heterocycles. The van der Waals surface area contributed by atoms with Gasteiger partial charge >= 0.3 is 7.60 Å². The van der Waals surface area contributed by atoms with Gasteiger partial charge in [0.25, 0.3) is 0 Å². The van der Waals surface area contributed by atoms with Crippen molar-refractivity contribution in [1.82, 2.24) is 0 Å². The van der Waals surface area contributed by atoms with E-state index in [1.54, 1.807) is 0 Å². The van der Waals surface area contributed by atoms with Crippen LogP contribution in [0.25, 0.3) is 0 Å². The molecule has 0 aromatic carbocycles. The van der Waals surface area contributed by atoms with Crippen LogP contribution >= 0.6 is 7.60 Å². The van der Waals surface area contributed by atoms with Crippen molar-refractivity contribution in [3.05, 3.63) is 12.2 Å². The van der Waals surface area contributed by atoms with E-state index in [0.717, 1.165) is 12.8 Å². The van der Waals surface area contributed by atoms with Gasteiger partial charge in [0.05, 0.1) is 21.1 Å². The van der Waals surface area contributed by atoms with Gasteiger partial charge in [0, 0.05) is 0 Å². The molecule has 3 N–H and O–H groups in total. The average Bonchev–Trinajstić information content (AvgIpc) is 2.67. The normalized spacial score (nSPS) is 14.8. The highest BCUT2D eigenvalue weighted by molar-refractivity contribution is 7.53. The summed E-state index contributed by atoms with van der Waals surface area (Å²) in [5, 5.41) is 8.64. The van der Waals surface area contributed by atoms with Crippen LogP contribution in [0.5, 0.6) is 0 Å². The average molecular weight is 477 g/mol. The van der Waals surface area contributed by atoms with Gasteiger partial charge in [-0.1, -0.05) is 96.1 Å². The van der Waals surface area contributed by atoms with Crippen LogP contribution in [0.15, 0.2) is 12.2 Å². The zero-order valence-electron chi connectivity index (χ0n) is 21.7. The number of rotatable bonds is 22. The Morgan fingerprint density at radius 1 is 0.688 bits per heavy atom. The van der Waals surface area contributed by atoms with E-state index in [1.807, 2.05) is 21.1 Å². The molecule has 0 saturated heterocycles. The fourth-order valence-corrected chi connectivity index (χ4v) is 5.32. The highest BCUT2D eigenvalue weighted by atomic mass is 31.2. The molecule has 0 spiro atoms. The number of aliphatic hydroxyl groups is 1. The van der Waals surface area contributed by atoms with Gasteiger partial charge in [0.1, 0.15) is 6.54 Å². The van der Waals surface area contributed by atoms with Gasteiger partial charge in [-0.15, -0.1) is 0 Å². The molecule has 6 heteroatoms. The molecular formula is C26H55NO4P+. The molecule has 0 amide bonds. The predicted molar refractivity (Wildman–Crippen MR) is 138 cm³/mol. The van der Waals surface area contributed by atoms with E-state index in [0.29, 0.717) is 10.9 Å². The first kappa shape index (κ1) is 31.8. The largest absolute Gasteiger partial charge is 0.373 e. The SMILES string of the molecule is CCCCCCC/C=C\CCCCCCCCCCCCC(O)(C[N+](C)(C)C)P(=O)(O)O. The smallest absolute Gasteiger partial charge is 0.362 e. The predicted octanol–water partition coefficient (Wildman–Crippen LogP) is 7.16. The maximum Gasteiger partial charge on any atom is 0.362 e. The lowest BCUT2D eigenvalue weighted by atomic mass is 10.0. The van der Waals surface area contributed by atoms with Crippen LogP contribution in [0.3, 0.4) is 0 Å². The molecule has 0 aliphatic rings. The third kappa shape index (κ3) is 18.3. The Morgan fingerprint density at radius 3 is 1.44 bits per heavy atom. The molecule has 0 aromatic rings. The lowest BCUT2D eigenvalue weighted by Crippen LogP contribution is -2.49. The van der Waals surface area contributed by atoms with Gasteiger partial charge in [0.2, 0.25) is 5.34 Å². The first-order valence-corrected chi connectivity index (χ1v) is 14.9. The zero-order valence-corrected chi connectivity index (χ0v) is 22.6. The minimum Gasteiger partial charge on any atom is -0.373 e. The summed E-state index contributed by atoms with van der Waals surface area (Å²) < 4.78 is 12.1. The first-order chi connectivity index (χ1) is 15.0. The van der Waals surface area contributed by atoms with Crippen molar-refractivity contribution in [2.75, 3.05) is 27.7 Å². The van der Waals surface area contributed by atoms with Crippen molar-refractivity contribution in [2.24, 2.45) is 0 Å². The third-order valence-corrected chi connectivity index (χ3v) is 7.56. The van der Waals surface area contributed by atoms with Crippen molar-refractivity contribution in [1.29, 1.82) is 0 Å². The molecule has 0 aliphatic heterocycles. The second-order valence-corrected chi connectivity index (χ2v) is 12.6. The molecule has 0 radical (unpaired) electrons. The van der Waals surface area contributed by atoms with E-state index in [2.05, 4.69) is 19.1 Å². The van der Waals surface area contributed by atoms with Crippen molar-refractivity contribution in [3.8, 4) is 0 Å². The molecule has 0 rings (SSSR count). The monoisotopic (exact) mass is 476 g/mol. The molecule has 0 aliphatic carbocycles. The van der Waals surface area contributed by atoms with Crippen LogP contribution in [0.1, 0.15) is 122 Å². The molecule has 1 atom stereocenters. The number of unbranched alkanes of at least 4 members (excludes halogenated alkanes) is 15. The van der Waals surface area contributed by atoms with E-state index in [-0.39, 0.29) is 13.0 Å². The summed E-state index contributed by atoms with van der Waals surface area (Å²) in [5.74, 6) is 0. The molecular weight excluding hydrogens is 421 g/mol. The van der Waals surface area contributed by atoms with Gasteiger partial charge in [-0.3, -0.25) is 4.57 Å². The Kier molecular flexibility index (Phi) is 18.1. The van der Waals surface area contributed by atoms with Crippen LogP contribution in [-0.2, 0) is 4.57 Å². The van der Waals surface area contributed by atoms with Crippen molar-refractivity contribution < 1.29 is 23.9 Å². The quantitative estimate of drug-likeness (QED) is 0.0670. The minimum atomic E-state index is -4.54. The number of nitrogens with zero attached hydrogens (tertiary/aromatic N) is 1. The van der Waals surface area contributed by atoms with Crippen LogP contribution in [0, 0.1) is 0 Å². The Morgan fingerprint density at radius 2 is 1.06 bits per heavy atom. The van der Waals surface area contributed by atoms with Crippen molar-refractivity contribution in [2.45, 2.75) is 128 Å².